The van der Waals surface area contributed by atoms with Gasteiger partial charge in [0.15, 0.2) is 0 Å². The fraction of sp³-hybridized carbons (Fsp3) is 0.231. The lowest BCUT2D eigenvalue weighted by atomic mass is 10.2. The Morgan fingerprint density at radius 1 is 1.37 bits per heavy atom. The largest absolute Gasteiger partial charge is 0.383 e. The summed E-state index contributed by atoms with van der Waals surface area (Å²) in [6.07, 6.45) is 4.74. The molecule has 2 heterocycles. The van der Waals surface area contributed by atoms with E-state index in [-0.39, 0.29) is 5.56 Å². The van der Waals surface area contributed by atoms with Gasteiger partial charge in [-0.15, -0.1) is 0 Å². The maximum absolute atomic E-state index is 10.4. The predicted molar refractivity (Wildman–Crippen MR) is 76.5 cm³/mol. The Kier molecular flexibility index (Phi) is 5.40. The van der Waals surface area contributed by atoms with Crippen LogP contribution in [0.3, 0.4) is 0 Å². The number of nitrogen functional groups attached to an aromatic ring is 1. The average Bonchev–Trinajstić information content (AvgIpc) is 2.34. The Morgan fingerprint density at radius 2 is 2.11 bits per heavy atom. The first kappa shape index (κ1) is 14.6. The van der Waals surface area contributed by atoms with E-state index in [1.54, 1.807) is 25.5 Å². The molecule has 0 saturated heterocycles. The van der Waals surface area contributed by atoms with Gasteiger partial charge in [-0.2, -0.15) is 0 Å². The summed E-state index contributed by atoms with van der Waals surface area (Å²) in [5, 5.41) is 0. The molecular weight excluding hydrogens is 242 g/mol. The van der Waals surface area contributed by atoms with Crippen LogP contribution >= 0.6 is 0 Å². The van der Waals surface area contributed by atoms with E-state index >= 15 is 0 Å². The van der Waals surface area contributed by atoms with E-state index in [1.165, 1.54) is 6.33 Å². The molecule has 3 N–H and O–H groups in total. The van der Waals surface area contributed by atoms with E-state index in [9.17, 15) is 4.79 Å². The highest BCUT2D eigenvalue weighted by molar-refractivity contribution is 5.86. The number of hydrogen-bond donors (Lipinski definition) is 2. The van der Waals surface area contributed by atoms with Crippen LogP contribution < -0.4 is 11.3 Å². The van der Waals surface area contributed by atoms with Gasteiger partial charge in [-0.25, -0.2) is 9.97 Å². The van der Waals surface area contributed by atoms with Crippen LogP contribution in [0, 0.1) is 13.8 Å². The number of nitrogens with two attached hydrogens (primary N) is 1. The number of rotatable bonds is 1. The first-order valence-corrected chi connectivity index (χ1v) is 5.69. The molecule has 2 aromatic rings. The molecule has 0 atom stereocenters. The lowest BCUT2D eigenvalue weighted by Gasteiger charge is -1.99. The number of hydrogen-bond acceptors (Lipinski definition) is 5. The molecule has 6 nitrogen and oxygen atoms in total. The molecule has 0 spiro atoms. The first-order valence-electron chi connectivity index (χ1n) is 5.69. The lowest BCUT2D eigenvalue weighted by molar-refractivity contribution is 1.10. The van der Waals surface area contributed by atoms with E-state index in [0.29, 0.717) is 5.82 Å². The molecule has 0 amide bonds. The van der Waals surface area contributed by atoms with Gasteiger partial charge in [-0.05, 0) is 25.5 Å². The van der Waals surface area contributed by atoms with Crippen LogP contribution in [0.1, 0.15) is 16.8 Å². The normalized spacial score (nSPS) is 10.1. The zero-order chi connectivity index (χ0) is 14.3. The van der Waals surface area contributed by atoms with Crippen molar-refractivity contribution in [2.45, 2.75) is 13.8 Å². The van der Waals surface area contributed by atoms with E-state index < -0.39 is 0 Å². The molecular formula is C13H17N5O. The third-order valence-electron chi connectivity index (χ3n) is 2.30. The van der Waals surface area contributed by atoms with Crippen LogP contribution in [0.2, 0.25) is 0 Å². The van der Waals surface area contributed by atoms with Gasteiger partial charge in [0.25, 0.3) is 0 Å². The summed E-state index contributed by atoms with van der Waals surface area (Å²) in [6, 6.07) is 3.40. The van der Waals surface area contributed by atoms with Gasteiger partial charge in [-0.1, -0.05) is 0 Å². The Balaban J connectivity index is 0.000000200. The van der Waals surface area contributed by atoms with Gasteiger partial charge in [0.2, 0.25) is 5.56 Å². The Hall–Kier alpha value is -2.50. The highest BCUT2D eigenvalue weighted by Gasteiger charge is 2.00. The van der Waals surface area contributed by atoms with Crippen LogP contribution in [0.15, 0.2) is 34.4 Å². The van der Waals surface area contributed by atoms with Crippen LogP contribution in [-0.2, 0) is 0 Å². The van der Waals surface area contributed by atoms with Crippen LogP contribution in [-0.4, -0.2) is 28.2 Å². The smallest absolute Gasteiger partial charge is 0.248 e. The molecule has 0 aliphatic rings. The van der Waals surface area contributed by atoms with E-state index in [1.807, 2.05) is 19.9 Å². The minimum absolute atomic E-state index is 0.0370. The predicted octanol–water partition coefficient (Wildman–Crippen LogP) is 1.10. The molecule has 19 heavy (non-hydrogen) atoms. The molecule has 6 heteroatoms. The fourth-order valence-electron chi connectivity index (χ4n) is 1.34. The van der Waals surface area contributed by atoms with Gasteiger partial charge in [0.1, 0.15) is 12.1 Å². The fourth-order valence-corrected chi connectivity index (χ4v) is 1.34. The van der Waals surface area contributed by atoms with Gasteiger partial charge < -0.3 is 10.7 Å². The number of aromatic amines is 1. The second-order valence-corrected chi connectivity index (χ2v) is 3.88. The minimum atomic E-state index is -0.0370. The van der Waals surface area contributed by atoms with Crippen molar-refractivity contribution in [1.29, 1.82) is 0 Å². The van der Waals surface area contributed by atoms with Crippen LogP contribution in [0.5, 0.6) is 0 Å². The number of pyridine rings is 1. The summed E-state index contributed by atoms with van der Waals surface area (Å²) in [4.78, 5) is 24.6. The number of nitrogens with zero attached hydrogens (tertiary/aromatic N) is 3. The standard InChI is InChI=1S/C7H10N4.C6H7NO/c1-5-6(3-9-2)7(8)11-4-10-5;1-5-2-3-7-6(8)4-5/h3-4H,1-2H3,(H2,8,10,11);2-4H,1H3,(H,7,8). The second kappa shape index (κ2) is 7.05. The summed E-state index contributed by atoms with van der Waals surface area (Å²) >= 11 is 0. The summed E-state index contributed by atoms with van der Waals surface area (Å²) in [5.41, 5.74) is 8.17. The van der Waals surface area contributed by atoms with Crippen molar-refractivity contribution in [2.75, 3.05) is 12.8 Å². The maximum atomic E-state index is 10.4. The van der Waals surface area contributed by atoms with Crippen molar-refractivity contribution in [3.8, 4) is 0 Å². The number of aryl methyl sites for hydroxylation is 2. The minimum Gasteiger partial charge on any atom is -0.383 e. The monoisotopic (exact) mass is 259 g/mol. The molecule has 0 radical (unpaired) electrons. The zero-order valence-corrected chi connectivity index (χ0v) is 11.2. The molecule has 2 rings (SSSR count). The van der Waals surface area contributed by atoms with E-state index in [2.05, 4.69) is 19.9 Å². The lowest BCUT2D eigenvalue weighted by Crippen LogP contribution is -2.01. The number of nitrogens with one attached hydrogen (secondary N) is 1. The SMILES string of the molecule is CN=Cc1c(C)ncnc1N.Cc1cc[nH]c(=O)c1. The summed E-state index contributed by atoms with van der Waals surface area (Å²) in [7, 11) is 1.69. The first-order chi connectivity index (χ1) is 9.04. The van der Waals surface area contributed by atoms with Crippen molar-refractivity contribution in [2.24, 2.45) is 4.99 Å². The summed E-state index contributed by atoms with van der Waals surface area (Å²) in [5.74, 6) is 0.475. The Morgan fingerprint density at radius 3 is 2.58 bits per heavy atom. The van der Waals surface area contributed by atoms with Gasteiger partial charge in [0.05, 0.1) is 11.3 Å². The summed E-state index contributed by atoms with van der Waals surface area (Å²) in [6.45, 7) is 3.75. The molecule has 0 saturated carbocycles. The molecule has 0 bridgehead atoms. The topological polar surface area (TPSA) is 97.0 Å². The Labute approximate surface area is 111 Å². The second-order valence-electron chi connectivity index (χ2n) is 3.88. The van der Waals surface area contributed by atoms with Gasteiger partial charge >= 0.3 is 0 Å². The van der Waals surface area contributed by atoms with Crippen molar-refractivity contribution in [1.82, 2.24) is 15.0 Å². The van der Waals surface area contributed by atoms with Crippen molar-refractivity contribution in [3.63, 3.8) is 0 Å². The third-order valence-corrected chi connectivity index (χ3v) is 2.30. The molecule has 0 aromatic carbocycles. The molecule has 0 aliphatic heterocycles. The average molecular weight is 259 g/mol. The molecule has 0 unspecified atom stereocenters. The van der Waals surface area contributed by atoms with E-state index in [0.717, 1.165) is 16.8 Å². The molecule has 0 fully saturated rings. The van der Waals surface area contributed by atoms with Crippen LogP contribution in [0.4, 0.5) is 5.82 Å². The number of H-pyrrole nitrogens is 1. The van der Waals surface area contributed by atoms with Crippen molar-refractivity contribution >= 4 is 12.0 Å². The molecule has 100 valence electrons. The number of aliphatic imine (C=N–C) groups is 1. The van der Waals surface area contributed by atoms with E-state index in [4.69, 9.17) is 5.73 Å². The van der Waals surface area contributed by atoms with Crippen molar-refractivity contribution < 1.29 is 0 Å². The zero-order valence-electron chi connectivity index (χ0n) is 11.2. The number of anilines is 1. The van der Waals surface area contributed by atoms with Gasteiger partial charge in [-0.3, -0.25) is 9.79 Å². The quantitative estimate of drug-likeness (QED) is 0.749. The third kappa shape index (κ3) is 4.71. The van der Waals surface area contributed by atoms with Gasteiger partial charge in [0, 0.05) is 25.5 Å². The summed E-state index contributed by atoms with van der Waals surface area (Å²) < 4.78 is 0. The maximum Gasteiger partial charge on any atom is 0.248 e. The highest BCUT2D eigenvalue weighted by Crippen LogP contribution is 2.06. The van der Waals surface area contributed by atoms with Crippen LogP contribution in [0.25, 0.3) is 0 Å². The molecule has 0 aliphatic carbocycles. The highest BCUT2D eigenvalue weighted by atomic mass is 16.1. The van der Waals surface area contributed by atoms with Crippen molar-refractivity contribution in [3.05, 3.63) is 51.8 Å². The number of aromatic nitrogens is 3. The Bertz CT molecular complexity index is 598. The molecule has 2 aromatic heterocycles.